The van der Waals surface area contributed by atoms with Crippen molar-refractivity contribution in [3.05, 3.63) is 37.8 Å². The molecule has 0 saturated carbocycles. The molecule has 0 aromatic carbocycles. The Morgan fingerprint density at radius 1 is 1.53 bits per heavy atom. The van der Waals surface area contributed by atoms with Gasteiger partial charge in [-0.15, -0.1) is 11.3 Å². The molecular formula is C13H15BrN2O2S. The molecule has 0 aliphatic rings. The van der Waals surface area contributed by atoms with Crippen LogP contribution in [-0.4, -0.2) is 17.6 Å². The van der Waals surface area contributed by atoms with Crippen molar-refractivity contribution in [1.29, 1.82) is 0 Å². The number of rotatable bonds is 5. The quantitative estimate of drug-likeness (QED) is 0.906. The predicted molar refractivity (Wildman–Crippen MR) is 78.7 cm³/mol. The maximum atomic E-state index is 12.1. The molecule has 1 N–H and O–H groups in total. The van der Waals surface area contributed by atoms with Crippen molar-refractivity contribution in [2.75, 3.05) is 6.54 Å². The van der Waals surface area contributed by atoms with Gasteiger partial charge in [-0.2, -0.15) is 0 Å². The standard InChI is InChI=1S/C13H15BrN2O2S/c1-3-10-12(8(2)18-16-10)13(17)15-7-6-9-4-5-11(14)19-9/h4-5H,3,6-7H2,1-2H3,(H,15,17). The van der Waals surface area contributed by atoms with Gasteiger partial charge in [0, 0.05) is 11.4 Å². The Bertz CT molecular complexity index is 577. The van der Waals surface area contributed by atoms with Gasteiger partial charge < -0.3 is 9.84 Å². The molecule has 6 heteroatoms. The van der Waals surface area contributed by atoms with E-state index in [1.807, 2.05) is 13.0 Å². The second-order valence-corrected chi connectivity index (χ2v) is 6.67. The number of thiophene rings is 1. The molecule has 0 atom stereocenters. The van der Waals surface area contributed by atoms with Gasteiger partial charge in [0.1, 0.15) is 11.3 Å². The molecule has 4 nitrogen and oxygen atoms in total. The van der Waals surface area contributed by atoms with Gasteiger partial charge >= 0.3 is 0 Å². The van der Waals surface area contributed by atoms with Gasteiger partial charge in [0.2, 0.25) is 0 Å². The third-order valence-corrected chi connectivity index (χ3v) is 4.46. The number of hydrogen-bond acceptors (Lipinski definition) is 4. The molecule has 0 radical (unpaired) electrons. The fourth-order valence-corrected chi connectivity index (χ4v) is 3.31. The second-order valence-electron chi connectivity index (χ2n) is 4.13. The Hall–Kier alpha value is -1.14. The molecule has 0 unspecified atom stereocenters. The van der Waals surface area contributed by atoms with Crippen molar-refractivity contribution in [3.63, 3.8) is 0 Å². The van der Waals surface area contributed by atoms with E-state index in [0.717, 1.165) is 10.2 Å². The lowest BCUT2D eigenvalue weighted by molar-refractivity contribution is 0.0952. The van der Waals surface area contributed by atoms with Crippen LogP contribution in [0.1, 0.15) is 33.6 Å². The van der Waals surface area contributed by atoms with Crippen LogP contribution < -0.4 is 5.32 Å². The highest BCUT2D eigenvalue weighted by molar-refractivity contribution is 9.11. The average Bonchev–Trinajstić information content (AvgIpc) is 2.95. The molecule has 0 saturated heterocycles. The molecule has 1 amide bonds. The topological polar surface area (TPSA) is 55.1 Å². The van der Waals surface area contributed by atoms with Gasteiger partial charge in [-0.3, -0.25) is 4.79 Å². The van der Waals surface area contributed by atoms with Gasteiger partial charge in [0.15, 0.2) is 0 Å². The summed E-state index contributed by atoms with van der Waals surface area (Å²) >= 11 is 5.11. The molecule has 0 fully saturated rings. The number of carbonyl (C=O) groups excluding carboxylic acids is 1. The van der Waals surface area contributed by atoms with E-state index in [-0.39, 0.29) is 5.91 Å². The first-order chi connectivity index (χ1) is 9.11. The number of halogens is 1. The summed E-state index contributed by atoms with van der Waals surface area (Å²) in [6.07, 6.45) is 1.52. The van der Waals surface area contributed by atoms with Crippen molar-refractivity contribution in [2.24, 2.45) is 0 Å². The Morgan fingerprint density at radius 2 is 2.32 bits per heavy atom. The number of aryl methyl sites for hydroxylation is 2. The summed E-state index contributed by atoms with van der Waals surface area (Å²) in [6.45, 7) is 4.33. The van der Waals surface area contributed by atoms with E-state index in [1.54, 1.807) is 18.3 Å². The fraction of sp³-hybridized carbons (Fsp3) is 0.385. The van der Waals surface area contributed by atoms with Gasteiger partial charge in [0.25, 0.3) is 5.91 Å². The average molecular weight is 343 g/mol. The number of nitrogens with zero attached hydrogens (tertiary/aromatic N) is 1. The second kappa shape index (κ2) is 6.34. The number of amides is 1. The number of aromatic nitrogens is 1. The molecule has 0 aliphatic carbocycles. The van der Waals surface area contributed by atoms with Crippen LogP contribution in [0.15, 0.2) is 20.4 Å². The lowest BCUT2D eigenvalue weighted by Gasteiger charge is -2.04. The van der Waals surface area contributed by atoms with Crippen LogP contribution >= 0.6 is 27.3 Å². The summed E-state index contributed by atoms with van der Waals surface area (Å²) in [5.74, 6) is 0.472. The summed E-state index contributed by atoms with van der Waals surface area (Å²) in [4.78, 5) is 13.3. The van der Waals surface area contributed by atoms with Gasteiger partial charge in [0.05, 0.1) is 9.48 Å². The number of carbonyl (C=O) groups is 1. The van der Waals surface area contributed by atoms with Crippen LogP contribution in [0.4, 0.5) is 0 Å². The molecule has 2 heterocycles. The summed E-state index contributed by atoms with van der Waals surface area (Å²) in [7, 11) is 0. The normalized spacial score (nSPS) is 10.7. The van der Waals surface area contributed by atoms with Crippen LogP contribution in [0.5, 0.6) is 0 Å². The first kappa shape index (κ1) is 14.3. The fourth-order valence-electron chi connectivity index (χ4n) is 1.82. The Labute approximate surface area is 124 Å². The third kappa shape index (κ3) is 3.45. The van der Waals surface area contributed by atoms with Crippen LogP contribution in [0.3, 0.4) is 0 Å². The molecule has 2 aromatic rings. The highest BCUT2D eigenvalue weighted by Gasteiger charge is 2.18. The van der Waals surface area contributed by atoms with E-state index >= 15 is 0 Å². The first-order valence-electron chi connectivity index (χ1n) is 6.09. The minimum atomic E-state index is -0.105. The van der Waals surface area contributed by atoms with Crippen LogP contribution in [0.2, 0.25) is 0 Å². The molecule has 19 heavy (non-hydrogen) atoms. The zero-order chi connectivity index (χ0) is 13.8. The molecule has 2 aromatic heterocycles. The Morgan fingerprint density at radius 3 is 2.95 bits per heavy atom. The smallest absolute Gasteiger partial charge is 0.256 e. The maximum absolute atomic E-state index is 12.1. The predicted octanol–water partition coefficient (Wildman–Crippen LogP) is 3.34. The zero-order valence-corrected chi connectivity index (χ0v) is 13.2. The Kier molecular flexibility index (Phi) is 4.76. The van der Waals surface area contributed by atoms with Gasteiger partial charge in [-0.25, -0.2) is 0 Å². The van der Waals surface area contributed by atoms with Crippen LogP contribution in [0, 0.1) is 6.92 Å². The van der Waals surface area contributed by atoms with Crippen molar-refractivity contribution < 1.29 is 9.32 Å². The van der Waals surface area contributed by atoms with E-state index in [9.17, 15) is 4.79 Å². The summed E-state index contributed by atoms with van der Waals surface area (Å²) < 4.78 is 6.17. The summed E-state index contributed by atoms with van der Waals surface area (Å²) in [6, 6.07) is 4.07. The minimum Gasteiger partial charge on any atom is -0.361 e. The molecule has 0 aliphatic heterocycles. The largest absolute Gasteiger partial charge is 0.361 e. The van der Waals surface area contributed by atoms with Crippen molar-refractivity contribution in [2.45, 2.75) is 26.7 Å². The lowest BCUT2D eigenvalue weighted by Crippen LogP contribution is -2.26. The molecule has 102 valence electrons. The Balaban J connectivity index is 1.92. The highest BCUT2D eigenvalue weighted by atomic mass is 79.9. The van der Waals surface area contributed by atoms with Gasteiger partial charge in [-0.05, 0) is 47.8 Å². The monoisotopic (exact) mass is 342 g/mol. The van der Waals surface area contributed by atoms with E-state index in [2.05, 4.69) is 32.5 Å². The van der Waals surface area contributed by atoms with Gasteiger partial charge in [-0.1, -0.05) is 12.1 Å². The molecule has 0 spiro atoms. The zero-order valence-electron chi connectivity index (χ0n) is 10.8. The van der Waals surface area contributed by atoms with Crippen LogP contribution in [-0.2, 0) is 12.8 Å². The van der Waals surface area contributed by atoms with Crippen molar-refractivity contribution >= 4 is 33.2 Å². The molecule has 0 bridgehead atoms. The first-order valence-corrected chi connectivity index (χ1v) is 7.70. The van der Waals surface area contributed by atoms with E-state index < -0.39 is 0 Å². The number of nitrogens with one attached hydrogen (secondary N) is 1. The van der Waals surface area contributed by atoms with E-state index in [4.69, 9.17) is 4.52 Å². The highest BCUT2D eigenvalue weighted by Crippen LogP contribution is 2.22. The van der Waals surface area contributed by atoms with Crippen molar-refractivity contribution in [1.82, 2.24) is 10.5 Å². The molecule has 2 rings (SSSR count). The lowest BCUT2D eigenvalue weighted by atomic mass is 10.1. The SMILES string of the molecule is CCc1noc(C)c1C(=O)NCCc1ccc(Br)s1. The van der Waals surface area contributed by atoms with E-state index in [1.165, 1.54) is 4.88 Å². The maximum Gasteiger partial charge on any atom is 0.256 e. The van der Waals surface area contributed by atoms with Crippen molar-refractivity contribution in [3.8, 4) is 0 Å². The molecular weight excluding hydrogens is 328 g/mol. The van der Waals surface area contributed by atoms with Crippen LogP contribution in [0.25, 0.3) is 0 Å². The third-order valence-electron chi connectivity index (χ3n) is 2.78. The summed E-state index contributed by atoms with van der Waals surface area (Å²) in [5, 5.41) is 6.80. The number of hydrogen-bond donors (Lipinski definition) is 1. The minimum absolute atomic E-state index is 0.105. The van der Waals surface area contributed by atoms with E-state index in [0.29, 0.717) is 30.0 Å². The summed E-state index contributed by atoms with van der Waals surface area (Å²) in [5.41, 5.74) is 1.30.